The number of fused-ring (bicyclic) bond motifs is 1. The number of likely N-dealkylation sites (tertiary alicyclic amines) is 1. The summed E-state index contributed by atoms with van der Waals surface area (Å²) in [6.07, 6.45) is 1.71. The summed E-state index contributed by atoms with van der Waals surface area (Å²) in [5, 5.41) is 5.82. The fourth-order valence-corrected chi connectivity index (χ4v) is 2.59. The van der Waals surface area contributed by atoms with Gasteiger partial charge in [0.1, 0.15) is 10.8 Å². The summed E-state index contributed by atoms with van der Waals surface area (Å²) in [5.74, 6) is 0.386. The quantitative estimate of drug-likeness (QED) is 0.798. The second-order valence-corrected chi connectivity index (χ2v) is 7.04. The van der Waals surface area contributed by atoms with Gasteiger partial charge in [0.05, 0.1) is 0 Å². The number of carbonyl (C=O) groups excluding carboxylic acids is 1. The van der Waals surface area contributed by atoms with Crippen LogP contribution in [0.2, 0.25) is 5.15 Å². The fourth-order valence-electron chi connectivity index (χ4n) is 2.45. The molecule has 0 N–H and O–H groups in total. The molecule has 0 radical (unpaired) electrons. The zero-order chi connectivity index (χ0) is 15.9. The molecule has 3 heterocycles. The molecule has 7 heteroatoms. The molecular formula is C15H19ClN4O2. The summed E-state index contributed by atoms with van der Waals surface area (Å²) in [5.41, 5.74) is 0.197. The molecule has 2 aromatic heterocycles. The maximum atomic E-state index is 11.9. The van der Waals surface area contributed by atoms with Gasteiger partial charge in [0, 0.05) is 37.1 Å². The molecule has 1 aliphatic rings. The number of nitrogens with zero attached hydrogens (tertiary/aromatic N) is 4. The van der Waals surface area contributed by atoms with Gasteiger partial charge in [-0.2, -0.15) is 5.10 Å². The number of halogens is 1. The Morgan fingerprint density at radius 3 is 2.82 bits per heavy atom. The summed E-state index contributed by atoms with van der Waals surface area (Å²) >= 11 is 5.86. The van der Waals surface area contributed by atoms with Crippen molar-refractivity contribution < 1.29 is 9.53 Å². The van der Waals surface area contributed by atoms with Crippen molar-refractivity contribution in [2.45, 2.75) is 32.9 Å². The molecule has 1 amide bonds. The number of ether oxygens (including phenoxy) is 1. The molecule has 6 nitrogen and oxygen atoms in total. The van der Waals surface area contributed by atoms with Gasteiger partial charge in [-0.1, -0.05) is 11.6 Å². The second kappa shape index (κ2) is 5.43. The van der Waals surface area contributed by atoms with Crippen LogP contribution >= 0.6 is 11.6 Å². The minimum atomic E-state index is -0.452. The van der Waals surface area contributed by atoms with E-state index in [2.05, 4.69) is 10.1 Å². The van der Waals surface area contributed by atoms with Gasteiger partial charge in [0.25, 0.3) is 0 Å². The monoisotopic (exact) mass is 322 g/mol. The third kappa shape index (κ3) is 3.32. The van der Waals surface area contributed by atoms with Crippen LogP contribution in [0, 0.1) is 5.92 Å². The Kier molecular flexibility index (Phi) is 3.72. The smallest absolute Gasteiger partial charge is 0.410 e. The predicted octanol–water partition coefficient (Wildman–Crippen LogP) is 2.95. The number of hydrogen-bond donors (Lipinski definition) is 0. The molecule has 0 bridgehead atoms. The predicted molar refractivity (Wildman–Crippen MR) is 83.8 cm³/mol. The highest BCUT2D eigenvalue weighted by Gasteiger charge is 2.33. The maximum Gasteiger partial charge on any atom is 0.410 e. The summed E-state index contributed by atoms with van der Waals surface area (Å²) in [4.78, 5) is 17.8. The molecule has 0 aromatic carbocycles. The van der Waals surface area contributed by atoms with E-state index in [0.717, 1.165) is 11.9 Å². The normalized spacial score (nSPS) is 15.9. The third-order valence-electron chi connectivity index (χ3n) is 3.44. The molecule has 118 valence electrons. The second-order valence-electron chi connectivity index (χ2n) is 6.65. The SMILES string of the molecule is CC(C)(C)OC(=O)N1CC(Cn2cc3ccc(Cl)nc3n2)C1. The molecule has 0 atom stereocenters. The lowest BCUT2D eigenvalue weighted by atomic mass is 10.0. The first-order valence-corrected chi connectivity index (χ1v) is 7.65. The van der Waals surface area contributed by atoms with Gasteiger partial charge in [-0.05, 0) is 32.9 Å². The summed E-state index contributed by atoms with van der Waals surface area (Å²) < 4.78 is 7.21. The van der Waals surface area contributed by atoms with Crippen molar-refractivity contribution in [1.82, 2.24) is 19.7 Å². The first-order valence-electron chi connectivity index (χ1n) is 7.28. The Hall–Kier alpha value is -1.82. The van der Waals surface area contributed by atoms with Crippen LogP contribution < -0.4 is 0 Å². The van der Waals surface area contributed by atoms with E-state index >= 15 is 0 Å². The van der Waals surface area contributed by atoms with Crippen molar-refractivity contribution in [3.05, 3.63) is 23.5 Å². The van der Waals surface area contributed by atoms with Crippen molar-refractivity contribution in [3.8, 4) is 0 Å². The Balaban J connectivity index is 1.56. The van der Waals surface area contributed by atoms with E-state index in [9.17, 15) is 4.79 Å². The zero-order valence-electron chi connectivity index (χ0n) is 12.9. The van der Waals surface area contributed by atoms with Crippen molar-refractivity contribution in [2.75, 3.05) is 13.1 Å². The lowest BCUT2D eigenvalue weighted by Crippen LogP contribution is -2.52. The van der Waals surface area contributed by atoms with Crippen LogP contribution in [-0.4, -0.2) is 44.4 Å². The summed E-state index contributed by atoms with van der Waals surface area (Å²) in [7, 11) is 0. The first kappa shape index (κ1) is 15.1. The van der Waals surface area contributed by atoms with Gasteiger partial charge < -0.3 is 9.64 Å². The Morgan fingerprint density at radius 1 is 1.41 bits per heavy atom. The number of aromatic nitrogens is 3. The minimum Gasteiger partial charge on any atom is -0.444 e. The number of pyridine rings is 1. The molecule has 0 aliphatic carbocycles. The molecule has 1 fully saturated rings. The van der Waals surface area contributed by atoms with E-state index in [1.165, 1.54) is 0 Å². The molecule has 22 heavy (non-hydrogen) atoms. The van der Waals surface area contributed by atoms with Crippen LogP contribution in [0.1, 0.15) is 20.8 Å². The van der Waals surface area contributed by atoms with Gasteiger partial charge in [-0.15, -0.1) is 0 Å². The zero-order valence-corrected chi connectivity index (χ0v) is 13.7. The number of carbonyl (C=O) groups is 1. The molecule has 0 saturated carbocycles. The molecule has 3 rings (SSSR count). The number of amides is 1. The lowest BCUT2D eigenvalue weighted by Gasteiger charge is -2.39. The van der Waals surface area contributed by atoms with Crippen LogP contribution in [-0.2, 0) is 11.3 Å². The molecular weight excluding hydrogens is 304 g/mol. The van der Waals surface area contributed by atoms with Crippen LogP contribution in [0.15, 0.2) is 18.3 Å². The van der Waals surface area contributed by atoms with Gasteiger partial charge in [0.2, 0.25) is 0 Å². The molecule has 1 saturated heterocycles. The van der Waals surface area contributed by atoms with Crippen LogP contribution in [0.25, 0.3) is 11.0 Å². The highest BCUT2D eigenvalue weighted by molar-refractivity contribution is 6.29. The third-order valence-corrected chi connectivity index (χ3v) is 3.65. The van der Waals surface area contributed by atoms with E-state index < -0.39 is 5.60 Å². The first-order chi connectivity index (χ1) is 10.3. The standard InChI is InChI=1S/C15H19ClN4O2/c1-15(2,3)22-14(21)19-6-10(7-19)8-20-9-11-4-5-12(16)17-13(11)18-20/h4-5,9-10H,6-8H2,1-3H3. The van der Waals surface area contributed by atoms with Crippen molar-refractivity contribution >= 4 is 28.7 Å². The van der Waals surface area contributed by atoms with Gasteiger partial charge >= 0.3 is 6.09 Å². The summed E-state index contributed by atoms with van der Waals surface area (Å²) in [6, 6.07) is 3.66. The highest BCUT2D eigenvalue weighted by Crippen LogP contribution is 2.22. The number of hydrogen-bond acceptors (Lipinski definition) is 4. The van der Waals surface area contributed by atoms with E-state index in [-0.39, 0.29) is 6.09 Å². The molecule has 2 aromatic rings. The van der Waals surface area contributed by atoms with Crippen LogP contribution in [0.5, 0.6) is 0 Å². The Morgan fingerprint density at radius 2 is 2.14 bits per heavy atom. The fraction of sp³-hybridized carbons (Fsp3) is 0.533. The van der Waals surface area contributed by atoms with E-state index in [0.29, 0.717) is 29.8 Å². The van der Waals surface area contributed by atoms with Crippen LogP contribution in [0.3, 0.4) is 0 Å². The maximum absolute atomic E-state index is 11.9. The Labute approximate surface area is 134 Å². The van der Waals surface area contributed by atoms with Gasteiger partial charge in [0.15, 0.2) is 5.65 Å². The topological polar surface area (TPSA) is 60.2 Å². The average Bonchev–Trinajstić information content (AvgIpc) is 2.72. The highest BCUT2D eigenvalue weighted by atomic mass is 35.5. The van der Waals surface area contributed by atoms with E-state index in [4.69, 9.17) is 16.3 Å². The van der Waals surface area contributed by atoms with Crippen molar-refractivity contribution in [2.24, 2.45) is 5.92 Å². The molecule has 0 unspecified atom stereocenters. The van der Waals surface area contributed by atoms with Crippen LogP contribution in [0.4, 0.5) is 4.79 Å². The molecule has 1 aliphatic heterocycles. The number of rotatable bonds is 2. The minimum absolute atomic E-state index is 0.247. The lowest BCUT2D eigenvalue weighted by molar-refractivity contribution is -0.00381. The van der Waals surface area contributed by atoms with Crippen molar-refractivity contribution in [3.63, 3.8) is 0 Å². The van der Waals surface area contributed by atoms with Crippen molar-refractivity contribution in [1.29, 1.82) is 0 Å². The van der Waals surface area contributed by atoms with Gasteiger partial charge in [-0.25, -0.2) is 9.78 Å². The van der Waals surface area contributed by atoms with E-state index in [1.54, 1.807) is 11.0 Å². The average molecular weight is 323 g/mol. The van der Waals surface area contributed by atoms with Gasteiger partial charge in [-0.3, -0.25) is 4.68 Å². The molecule has 0 spiro atoms. The Bertz CT molecular complexity index is 701. The largest absolute Gasteiger partial charge is 0.444 e. The van der Waals surface area contributed by atoms with E-state index in [1.807, 2.05) is 37.7 Å². The summed E-state index contributed by atoms with van der Waals surface area (Å²) in [6.45, 7) is 7.76.